The third kappa shape index (κ3) is 6.99. The molecule has 1 aliphatic carbocycles. The fraction of sp³-hybridized carbons (Fsp3) is 0.333. The monoisotopic (exact) mass is 620 g/mol. The molecular weight excluding hydrogens is 593 g/mol. The molecule has 1 aliphatic rings. The molecule has 4 aromatic rings. The van der Waals surface area contributed by atoms with Crippen LogP contribution in [0.2, 0.25) is 10.0 Å². The van der Waals surface area contributed by atoms with Crippen LogP contribution in [0.1, 0.15) is 30.1 Å². The third-order valence-corrected chi connectivity index (χ3v) is 7.57. The summed E-state index contributed by atoms with van der Waals surface area (Å²) in [4.78, 5) is 17.4. The third-order valence-electron chi connectivity index (χ3n) is 6.92. The first-order valence-corrected chi connectivity index (χ1v) is 13.9. The number of pyridine rings is 1. The second-order valence-electron chi connectivity index (χ2n) is 9.81. The Kier molecular flexibility index (Phi) is 9.23. The molecule has 1 atom stereocenters. The molecule has 1 saturated carbocycles. The minimum absolute atomic E-state index is 0.0977. The summed E-state index contributed by atoms with van der Waals surface area (Å²) in [6.07, 6.45) is 5.87. The number of carbonyl (C=O) groups is 1. The van der Waals surface area contributed by atoms with E-state index in [9.17, 15) is 13.6 Å². The van der Waals surface area contributed by atoms with Crippen molar-refractivity contribution in [3.8, 4) is 23.0 Å². The van der Waals surface area contributed by atoms with Crippen molar-refractivity contribution in [2.75, 3.05) is 20.8 Å². The average molecular weight is 621 g/mol. The molecule has 12 heteroatoms. The van der Waals surface area contributed by atoms with Gasteiger partial charge in [-0.05, 0) is 54.2 Å². The Morgan fingerprint density at radius 1 is 1.00 bits per heavy atom. The van der Waals surface area contributed by atoms with Crippen molar-refractivity contribution in [1.82, 2.24) is 9.55 Å². The van der Waals surface area contributed by atoms with Crippen LogP contribution in [0.3, 0.4) is 0 Å². The largest absolute Gasteiger partial charge is 0.493 e. The highest BCUT2D eigenvalue weighted by molar-refractivity contribution is 6.35. The van der Waals surface area contributed by atoms with Crippen molar-refractivity contribution in [2.45, 2.75) is 38.5 Å². The van der Waals surface area contributed by atoms with Gasteiger partial charge in [0.1, 0.15) is 12.6 Å². The minimum atomic E-state index is -3.03. The van der Waals surface area contributed by atoms with E-state index in [4.69, 9.17) is 42.1 Å². The zero-order valence-corrected chi connectivity index (χ0v) is 24.3. The lowest BCUT2D eigenvalue weighted by atomic mass is 10.0. The van der Waals surface area contributed by atoms with Gasteiger partial charge >= 0.3 is 12.6 Å². The van der Waals surface area contributed by atoms with Gasteiger partial charge in [0.25, 0.3) is 0 Å². The SMILES string of the molecule is COc1cc2ccn(CC(=O)O[C@@H](Cc3c(Cl)cncc3Cl)c3ccc(OC(F)F)c(OCC4CC4)c3)c2cc1OC. The Bertz CT molecular complexity index is 1560. The van der Waals surface area contributed by atoms with Crippen LogP contribution in [-0.4, -0.2) is 43.0 Å². The van der Waals surface area contributed by atoms with Crippen LogP contribution in [0.5, 0.6) is 23.0 Å². The quantitative estimate of drug-likeness (QED) is 0.145. The summed E-state index contributed by atoms with van der Waals surface area (Å²) < 4.78 is 55.2. The van der Waals surface area contributed by atoms with Crippen LogP contribution in [-0.2, 0) is 22.5 Å². The van der Waals surface area contributed by atoms with Gasteiger partial charge < -0.3 is 28.3 Å². The van der Waals surface area contributed by atoms with Crippen molar-refractivity contribution < 1.29 is 37.3 Å². The first kappa shape index (κ1) is 29.7. The molecule has 5 rings (SSSR count). The molecule has 1 fully saturated rings. The number of halogens is 4. The molecule has 8 nitrogen and oxygen atoms in total. The lowest BCUT2D eigenvalue weighted by Crippen LogP contribution is -2.19. The van der Waals surface area contributed by atoms with Gasteiger partial charge in [0, 0.05) is 36.5 Å². The van der Waals surface area contributed by atoms with Crippen molar-refractivity contribution in [3.63, 3.8) is 0 Å². The van der Waals surface area contributed by atoms with E-state index in [-0.39, 0.29) is 24.5 Å². The minimum Gasteiger partial charge on any atom is -0.493 e. The number of aromatic nitrogens is 2. The molecule has 0 radical (unpaired) electrons. The lowest BCUT2D eigenvalue weighted by molar-refractivity contribution is -0.150. The molecule has 222 valence electrons. The van der Waals surface area contributed by atoms with Gasteiger partial charge in [-0.2, -0.15) is 8.78 Å². The zero-order valence-electron chi connectivity index (χ0n) is 22.8. The zero-order chi connectivity index (χ0) is 29.8. The van der Waals surface area contributed by atoms with E-state index in [1.165, 1.54) is 25.6 Å². The number of ether oxygens (including phenoxy) is 5. The average Bonchev–Trinajstić information content (AvgIpc) is 3.72. The number of nitrogens with zero attached hydrogens (tertiary/aromatic N) is 2. The number of methoxy groups -OCH3 is 2. The van der Waals surface area contributed by atoms with Crippen molar-refractivity contribution in [3.05, 3.63) is 76.2 Å². The number of hydrogen-bond acceptors (Lipinski definition) is 7. The Labute approximate surface area is 251 Å². The highest BCUT2D eigenvalue weighted by atomic mass is 35.5. The molecule has 0 aliphatic heterocycles. The summed E-state index contributed by atoms with van der Waals surface area (Å²) in [6, 6.07) is 9.91. The lowest BCUT2D eigenvalue weighted by Gasteiger charge is -2.22. The van der Waals surface area contributed by atoms with E-state index < -0.39 is 18.7 Å². The summed E-state index contributed by atoms with van der Waals surface area (Å²) in [6.45, 7) is -2.78. The Balaban J connectivity index is 1.45. The summed E-state index contributed by atoms with van der Waals surface area (Å²) in [7, 11) is 3.08. The molecule has 0 amide bonds. The van der Waals surface area contributed by atoms with E-state index >= 15 is 0 Å². The summed E-state index contributed by atoms with van der Waals surface area (Å²) in [5.41, 5.74) is 1.75. The van der Waals surface area contributed by atoms with E-state index in [1.807, 2.05) is 12.1 Å². The summed E-state index contributed by atoms with van der Waals surface area (Å²) >= 11 is 12.8. The topological polar surface area (TPSA) is 81.0 Å². The molecule has 0 unspecified atom stereocenters. The maximum atomic E-state index is 13.4. The standard InChI is InChI=1S/C30H28Cl2F2N2O6/c1-38-26-9-18-7-8-36(23(18)12-27(26)39-2)15-29(37)41-25(11-20-21(31)13-35-14-22(20)32)19-5-6-24(42-30(33)34)28(10-19)40-16-17-3-4-17/h5-10,12-14,17,25,30H,3-4,11,15-16H2,1-2H3/t25-/m0/s1. The van der Waals surface area contributed by atoms with Gasteiger partial charge in [0.15, 0.2) is 23.0 Å². The number of hydrogen-bond donors (Lipinski definition) is 0. The number of benzene rings is 2. The fourth-order valence-electron chi connectivity index (χ4n) is 4.56. The van der Waals surface area contributed by atoms with E-state index in [2.05, 4.69) is 9.72 Å². The second kappa shape index (κ2) is 13.0. The number of carbonyl (C=O) groups excluding carboxylic acids is 1. The second-order valence-corrected chi connectivity index (χ2v) is 10.6. The number of alkyl halides is 2. The first-order valence-electron chi connectivity index (χ1n) is 13.2. The van der Waals surface area contributed by atoms with Crippen LogP contribution in [0.25, 0.3) is 10.9 Å². The van der Waals surface area contributed by atoms with Gasteiger partial charge in [-0.3, -0.25) is 9.78 Å². The Morgan fingerprint density at radius 2 is 1.71 bits per heavy atom. The maximum Gasteiger partial charge on any atom is 0.387 e. The highest BCUT2D eigenvalue weighted by Gasteiger charge is 2.26. The van der Waals surface area contributed by atoms with E-state index in [1.54, 1.807) is 36.1 Å². The maximum absolute atomic E-state index is 13.4. The van der Waals surface area contributed by atoms with Crippen LogP contribution in [0, 0.1) is 5.92 Å². The molecule has 2 aromatic carbocycles. The Hall–Kier alpha value is -3.76. The number of rotatable bonds is 13. The molecule has 42 heavy (non-hydrogen) atoms. The van der Waals surface area contributed by atoms with Gasteiger partial charge in [-0.25, -0.2) is 0 Å². The van der Waals surface area contributed by atoms with Gasteiger partial charge in [-0.15, -0.1) is 0 Å². The molecule has 0 N–H and O–H groups in total. The smallest absolute Gasteiger partial charge is 0.387 e. The molecular formula is C30H28Cl2F2N2O6. The number of esters is 1. The molecule has 2 aromatic heterocycles. The van der Waals surface area contributed by atoms with E-state index in [0.717, 1.165) is 23.7 Å². The predicted octanol–water partition coefficient (Wildman–Crippen LogP) is 7.28. The van der Waals surface area contributed by atoms with Gasteiger partial charge in [0.05, 0.1) is 36.4 Å². The normalized spacial score (nSPS) is 13.7. The van der Waals surface area contributed by atoms with Crippen LogP contribution in [0.15, 0.2) is 55.0 Å². The van der Waals surface area contributed by atoms with Crippen molar-refractivity contribution in [1.29, 1.82) is 0 Å². The predicted molar refractivity (Wildman–Crippen MR) is 153 cm³/mol. The molecule has 2 heterocycles. The van der Waals surface area contributed by atoms with Crippen molar-refractivity contribution >= 4 is 40.1 Å². The molecule has 0 saturated heterocycles. The summed E-state index contributed by atoms with van der Waals surface area (Å²) in [5, 5.41) is 1.44. The van der Waals surface area contributed by atoms with Crippen LogP contribution in [0.4, 0.5) is 8.78 Å². The molecule has 0 spiro atoms. The van der Waals surface area contributed by atoms with Gasteiger partial charge in [0.2, 0.25) is 0 Å². The summed E-state index contributed by atoms with van der Waals surface area (Å²) in [5.74, 6) is 0.916. The first-order chi connectivity index (χ1) is 20.2. The van der Waals surface area contributed by atoms with Gasteiger partial charge in [-0.1, -0.05) is 29.3 Å². The molecule has 0 bridgehead atoms. The van der Waals surface area contributed by atoms with Crippen molar-refractivity contribution in [2.24, 2.45) is 5.92 Å². The fourth-order valence-corrected chi connectivity index (χ4v) is 5.08. The highest BCUT2D eigenvalue weighted by Crippen LogP contribution is 2.38. The number of fused-ring (bicyclic) bond motifs is 1. The van der Waals surface area contributed by atoms with E-state index in [0.29, 0.717) is 45.2 Å². The van der Waals surface area contributed by atoms with Crippen LogP contribution >= 0.6 is 23.2 Å². The Morgan fingerprint density at radius 3 is 2.38 bits per heavy atom. The van der Waals surface area contributed by atoms with Crippen LogP contribution < -0.4 is 18.9 Å².